The molecular weight excluding hydrogens is 208 g/mol. The third kappa shape index (κ3) is 3.72. The van der Waals surface area contributed by atoms with Crippen molar-refractivity contribution in [3.8, 4) is 0 Å². The molecule has 1 aliphatic rings. The summed E-state index contributed by atoms with van der Waals surface area (Å²) in [5, 5.41) is 0. The van der Waals surface area contributed by atoms with Gasteiger partial charge in [-0.05, 0) is 33.6 Å². The van der Waals surface area contributed by atoms with Crippen LogP contribution < -0.4 is 5.73 Å². The fourth-order valence-electron chi connectivity index (χ4n) is 1.70. The molecule has 2 amide bonds. The summed E-state index contributed by atoms with van der Waals surface area (Å²) in [5.74, 6) is -0.575. The van der Waals surface area contributed by atoms with Gasteiger partial charge in [0.05, 0.1) is 5.92 Å². The Labute approximate surface area is 95.9 Å². The van der Waals surface area contributed by atoms with Gasteiger partial charge in [0.15, 0.2) is 0 Å². The number of ether oxygens (including phenoxy) is 1. The average molecular weight is 228 g/mol. The lowest BCUT2D eigenvalue weighted by atomic mass is 9.98. The fourth-order valence-corrected chi connectivity index (χ4v) is 1.70. The molecule has 0 aromatic rings. The molecule has 1 fully saturated rings. The highest BCUT2D eigenvalue weighted by molar-refractivity contribution is 5.78. The summed E-state index contributed by atoms with van der Waals surface area (Å²) in [4.78, 5) is 24.3. The summed E-state index contributed by atoms with van der Waals surface area (Å²) in [7, 11) is 0. The smallest absolute Gasteiger partial charge is 0.410 e. The molecule has 2 N–H and O–H groups in total. The van der Waals surface area contributed by atoms with Gasteiger partial charge >= 0.3 is 6.09 Å². The van der Waals surface area contributed by atoms with Crippen LogP contribution in [0, 0.1) is 5.92 Å². The van der Waals surface area contributed by atoms with E-state index in [0.717, 1.165) is 12.8 Å². The molecule has 1 atom stereocenters. The third-order valence-electron chi connectivity index (χ3n) is 2.48. The molecule has 1 saturated heterocycles. The van der Waals surface area contributed by atoms with Crippen LogP contribution in [0.2, 0.25) is 0 Å². The Bertz CT molecular complexity index is 283. The molecule has 0 spiro atoms. The molecule has 5 heteroatoms. The van der Waals surface area contributed by atoms with Crippen LogP contribution in [0.15, 0.2) is 0 Å². The molecule has 5 nitrogen and oxygen atoms in total. The number of nitrogens with zero attached hydrogens (tertiary/aromatic N) is 1. The number of nitrogens with two attached hydrogens (primary N) is 1. The van der Waals surface area contributed by atoms with Gasteiger partial charge in [-0.3, -0.25) is 4.79 Å². The molecule has 0 aromatic heterocycles. The van der Waals surface area contributed by atoms with Crippen molar-refractivity contribution in [2.75, 3.05) is 13.1 Å². The van der Waals surface area contributed by atoms with Gasteiger partial charge in [-0.1, -0.05) is 0 Å². The Hall–Kier alpha value is -1.26. The predicted octanol–water partition coefficient (Wildman–Crippen LogP) is 1.12. The van der Waals surface area contributed by atoms with E-state index in [1.807, 2.05) is 20.8 Å². The number of rotatable bonds is 1. The molecule has 0 radical (unpaired) electrons. The van der Waals surface area contributed by atoms with E-state index in [1.165, 1.54) is 0 Å². The molecule has 16 heavy (non-hydrogen) atoms. The van der Waals surface area contributed by atoms with Gasteiger partial charge in [-0.15, -0.1) is 0 Å². The minimum atomic E-state index is -0.503. The second-order valence-electron chi connectivity index (χ2n) is 5.17. The van der Waals surface area contributed by atoms with Gasteiger partial charge < -0.3 is 15.4 Å². The van der Waals surface area contributed by atoms with E-state index in [2.05, 4.69) is 0 Å². The second kappa shape index (κ2) is 4.72. The monoisotopic (exact) mass is 228 g/mol. The first-order chi connectivity index (χ1) is 7.29. The number of primary amides is 1. The van der Waals surface area contributed by atoms with Gasteiger partial charge in [0.2, 0.25) is 5.91 Å². The summed E-state index contributed by atoms with van der Waals surface area (Å²) in [6.45, 7) is 6.48. The lowest BCUT2D eigenvalue weighted by Gasteiger charge is -2.32. The van der Waals surface area contributed by atoms with E-state index in [4.69, 9.17) is 10.5 Å². The highest BCUT2D eigenvalue weighted by Crippen LogP contribution is 2.18. The largest absolute Gasteiger partial charge is 0.444 e. The fraction of sp³-hybridized carbons (Fsp3) is 0.818. The molecule has 1 aliphatic heterocycles. The zero-order valence-corrected chi connectivity index (χ0v) is 10.2. The van der Waals surface area contributed by atoms with E-state index in [9.17, 15) is 9.59 Å². The summed E-state index contributed by atoms with van der Waals surface area (Å²) in [6.07, 6.45) is 1.19. The summed E-state index contributed by atoms with van der Waals surface area (Å²) >= 11 is 0. The first-order valence-corrected chi connectivity index (χ1v) is 5.57. The minimum Gasteiger partial charge on any atom is -0.444 e. The van der Waals surface area contributed by atoms with Crippen molar-refractivity contribution in [2.24, 2.45) is 11.7 Å². The maximum absolute atomic E-state index is 11.7. The van der Waals surface area contributed by atoms with Crippen LogP contribution in [-0.4, -0.2) is 35.6 Å². The minimum absolute atomic E-state index is 0.235. The maximum atomic E-state index is 11.7. The lowest BCUT2D eigenvalue weighted by molar-refractivity contribution is -0.123. The molecule has 0 aromatic carbocycles. The zero-order valence-electron chi connectivity index (χ0n) is 10.2. The van der Waals surface area contributed by atoms with E-state index in [0.29, 0.717) is 13.1 Å². The number of hydrogen-bond acceptors (Lipinski definition) is 3. The van der Waals surface area contributed by atoms with Crippen LogP contribution in [0.1, 0.15) is 33.6 Å². The van der Waals surface area contributed by atoms with Crippen molar-refractivity contribution in [1.29, 1.82) is 0 Å². The maximum Gasteiger partial charge on any atom is 0.410 e. The van der Waals surface area contributed by atoms with Gasteiger partial charge in [0.1, 0.15) is 5.60 Å². The molecule has 0 bridgehead atoms. The molecule has 1 unspecified atom stereocenters. The predicted molar refractivity (Wildman–Crippen MR) is 59.7 cm³/mol. The van der Waals surface area contributed by atoms with E-state index in [-0.39, 0.29) is 17.9 Å². The number of hydrogen-bond donors (Lipinski definition) is 1. The Morgan fingerprint density at radius 2 is 2.00 bits per heavy atom. The lowest BCUT2D eigenvalue weighted by Crippen LogP contribution is -2.45. The highest BCUT2D eigenvalue weighted by atomic mass is 16.6. The quantitative estimate of drug-likeness (QED) is 0.731. The SMILES string of the molecule is CC(C)(C)OC(=O)N1CCCC(C(N)=O)C1. The van der Waals surface area contributed by atoms with Crippen molar-refractivity contribution in [3.05, 3.63) is 0 Å². The van der Waals surface area contributed by atoms with Crippen LogP contribution in [0.4, 0.5) is 4.79 Å². The van der Waals surface area contributed by atoms with Crippen LogP contribution in [-0.2, 0) is 9.53 Å². The molecule has 1 heterocycles. The molecule has 0 saturated carbocycles. The first-order valence-electron chi connectivity index (χ1n) is 5.57. The van der Waals surface area contributed by atoms with Crippen molar-refractivity contribution in [1.82, 2.24) is 4.90 Å². The standard InChI is InChI=1S/C11H20N2O3/c1-11(2,3)16-10(15)13-6-4-5-8(7-13)9(12)14/h8H,4-7H2,1-3H3,(H2,12,14). The topological polar surface area (TPSA) is 72.6 Å². The highest BCUT2D eigenvalue weighted by Gasteiger charge is 2.29. The average Bonchev–Trinajstić information content (AvgIpc) is 2.15. The Morgan fingerprint density at radius 3 is 2.50 bits per heavy atom. The molecular formula is C11H20N2O3. The van der Waals surface area contributed by atoms with E-state index in [1.54, 1.807) is 4.90 Å². The second-order valence-corrected chi connectivity index (χ2v) is 5.17. The number of carbonyl (C=O) groups excluding carboxylic acids is 2. The number of likely N-dealkylation sites (tertiary alicyclic amines) is 1. The number of amides is 2. The summed E-state index contributed by atoms with van der Waals surface area (Å²) in [5.41, 5.74) is 4.74. The van der Waals surface area contributed by atoms with Crippen LogP contribution in [0.5, 0.6) is 0 Å². The Kier molecular flexibility index (Phi) is 3.78. The summed E-state index contributed by atoms with van der Waals surface area (Å²) in [6, 6.07) is 0. The Morgan fingerprint density at radius 1 is 1.38 bits per heavy atom. The van der Waals surface area contributed by atoms with Gasteiger partial charge in [-0.2, -0.15) is 0 Å². The van der Waals surface area contributed by atoms with Gasteiger partial charge in [0.25, 0.3) is 0 Å². The molecule has 92 valence electrons. The third-order valence-corrected chi connectivity index (χ3v) is 2.48. The normalized spacial score (nSPS) is 21.7. The van der Waals surface area contributed by atoms with Crippen molar-refractivity contribution in [2.45, 2.75) is 39.2 Å². The van der Waals surface area contributed by atoms with Crippen LogP contribution >= 0.6 is 0 Å². The van der Waals surface area contributed by atoms with Crippen LogP contribution in [0.25, 0.3) is 0 Å². The van der Waals surface area contributed by atoms with Crippen molar-refractivity contribution < 1.29 is 14.3 Å². The van der Waals surface area contributed by atoms with Gasteiger partial charge in [-0.25, -0.2) is 4.79 Å². The molecule has 0 aliphatic carbocycles. The number of piperidine rings is 1. The van der Waals surface area contributed by atoms with Crippen molar-refractivity contribution >= 4 is 12.0 Å². The molecule has 1 rings (SSSR count). The van der Waals surface area contributed by atoms with Crippen LogP contribution in [0.3, 0.4) is 0 Å². The zero-order chi connectivity index (χ0) is 12.3. The number of carbonyl (C=O) groups is 2. The van der Waals surface area contributed by atoms with E-state index < -0.39 is 5.60 Å². The Balaban J connectivity index is 2.54. The summed E-state index contributed by atoms with van der Waals surface area (Å²) < 4.78 is 5.24. The van der Waals surface area contributed by atoms with Gasteiger partial charge in [0, 0.05) is 13.1 Å². The van der Waals surface area contributed by atoms with Crippen molar-refractivity contribution in [3.63, 3.8) is 0 Å². The van der Waals surface area contributed by atoms with E-state index >= 15 is 0 Å². The first kappa shape index (κ1) is 12.8.